The molecule has 0 spiro atoms. The number of rotatable bonds is 7. The second-order valence-electron chi connectivity index (χ2n) is 6.43. The number of carbonyl (C=O) groups is 1. The summed E-state index contributed by atoms with van der Waals surface area (Å²) in [7, 11) is 5.11. The minimum Gasteiger partial charge on any atom is -0.497 e. The van der Waals surface area contributed by atoms with Gasteiger partial charge >= 0.3 is 0 Å². The molecule has 0 aliphatic heterocycles. The van der Waals surface area contributed by atoms with Gasteiger partial charge in [-0.15, -0.1) is 10.2 Å². The number of methoxy groups -OCH3 is 1. The molecular weight excluding hydrogens is 374 g/mol. The van der Waals surface area contributed by atoms with Gasteiger partial charge in [-0.2, -0.15) is 0 Å². The van der Waals surface area contributed by atoms with Gasteiger partial charge in [-0.25, -0.2) is 4.68 Å². The van der Waals surface area contributed by atoms with Crippen LogP contribution in [0.2, 0.25) is 0 Å². The molecule has 28 heavy (non-hydrogen) atoms. The molecule has 1 heterocycles. The Kier molecular flexibility index (Phi) is 6.20. The SMILES string of the molecule is COc1ccc(Cc2nnc(SC(C(=O)N(C)C)c3ccccc3)n2N)cc1. The normalized spacial score (nSPS) is 11.8. The summed E-state index contributed by atoms with van der Waals surface area (Å²) in [4.78, 5) is 14.3. The van der Waals surface area contributed by atoms with Crippen LogP contribution >= 0.6 is 11.8 Å². The predicted octanol–water partition coefficient (Wildman–Crippen LogP) is 2.51. The quantitative estimate of drug-likeness (QED) is 0.487. The van der Waals surface area contributed by atoms with E-state index in [1.165, 1.54) is 16.4 Å². The highest BCUT2D eigenvalue weighted by molar-refractivity contribution is 8.00. The zero-order chi connectivity index (χ0) is 20.1. The Hall–Kier alpha value is -3.00. The van der Waals surface area contributed by atoms with E-state index >= 15 is 0 Å². The number of nitrogens with two attached hydrogens (primary N) is 1. The summed E-state index contributed by atoms with van der Waals surface area (Å²) in [5.74, 6) is 7.62. The third-order valence-electron chi connectivity index (χ3n) is 4.25. The number of benzene rings is 2. The molecule has 2 N–H and O–H groups in total. The van der Waals surface area contributed by atoms with E-state index in [2.05, 4.69) is 10.2 Å². The van der Waals surface area contributed by atoms with Crippen LogP contribution in [0, 0.1) is 0 Å². The Balaban J connectivity index is 1.81. The zero-order valence-electron chi connectivity index (χ0n) is 16.1. The van der Waals surface area contributed by atoms with Crippen LogP contribution in [0.1, 0.15) is 22.2 Å². The lowest BCUT2D eigenvalue weighted by Gasteiger charge is -2.20. The molecule has 146 valence electrons. The van der Waals surface area contributed by atoms with Gasteiger partial charge in [-0.3, -0.25) is 4.79 Å². The highest BCUT2D eigenvalue weighted by atomic mass is 32.2. The molecule has 7 nitrogen and oxygen atoms in total. The van der Waals surface area contributed by atoms with Gasteiger partial charge < -0.3 is 15.5 Å². The minimum atomic E-state index is -0.448. The average molecular weight is 398 g/mol. The minimum absolute atomic E-state index is 0.0316. The van der Waals surface area contributed by atoms with Crippen molar-refractivity contribution in [3.63, 3.8) is 0 Å². The van der Waals surface area contributed by atoms with Crippen molar-refractivity contribution in [1.82, 2.24) is 19.8 Å². The van der Waals surface area contributed by atoms with Crippen LogP contribution in [-0.2, 0) is 11.2 Å². The zero-order valence-corrected chi connectivity index (χ0v) is 16.9. The van der Waals surface area contributed by atoms with Crippen molar-refractivity contribution < 1.29 is 9.53 Å². The van der Waals surface area contributed by atoms with Crippen molar-refractivity contribution in [2.24, 2.45) is 0 Å². The fourth-order valence-corrected chi connectivity index (χ4v) is 3.79. The number of thioether (sulfide) groups is 1. The van der Waals surface area contributed by atoms with Gasteiger partial charge in [0.2, 0.25) is 11.1 Å². The highest BCUT2D eigenvalue weighted by Crippen LogP contribution is 2.35. The highest BCUT2D eigenvalue weighted by Gasteiger charge is 2.26. The Morgan fingerprint density at radius 1 is 1.14 bits per heavy atom. The molecule has 0 fully saturated rings. The maximum Gasteiger partial charge on any atom is 0.240 e. The fraction of sp³-hybridized carbons (Fsp3) is 0.250. The van der Waals surface area contributed by atoms with Crippen LogP contribution in [0.5, 0.6) is 5.75 Å². The summed E-state index contributed by atoms with van der Waals surface area (Å²) in [5.41, 5.74) is 1.94. The van der Waals surface area contributed by atoms with Crippen molar-refractivity contribution >= 4 is 17.7 Å². The summed E-state index contributed by atoms with van der Waals surface area (Å²) in [6.07, 6.45) is 0.533. The van der Waals surface area contributed by atoms with Gasteiger partial charge in [0.1, 0.15) is 11.0 Å². The second kappa shape index (κ2) is 8.79. The summed E-state index contributed by atoms with van der Waals surface area (Å²) < 4.78 is 6.63. The van der Waals surface area contributed by atoms with Crippen LogP contribution in [0.25, 0.3) is 0 Å². The summed E-state index contributed by atoms with van der Waals surface area (Å²) >= 11 is 1.30. The number of nitrogen functional groups attached to an aromatic ring is 1. The second-order valence-corrected chi connectivity index (χ2v) is 7.51. The van der Waals surface area contributed by atoms with E-state index in [4.69, 9.17) is 10.6 Å². The molecule has 3 aromatic rings. The Bertz CT molecular complexity index is 926. The first kappa shape index (κ1) is 19.8. The maximum atomic E-state index is 12.7. The van der Waals surface area contributed by atoms with Crippen LogP contribution in [0.3, 0.4) is 0 Å². The van der Waals surface area contributed by atoms with E-state index < -0.39 is 5.25 Å². The molecule has 1 unspecified atom stereocenters. The lowest BCUT2D eigenvalue weighted by atomic mass is 10.1. The number of carbonyl (C=O) groups excluding carboxylic acids is 1. The third kappa shape index (κ3) is 4.45. The number of hydrogen-bond donors (Lipinski definition) is 1. The van der Waals surface area contributed by atoms with Crippen molar-refractivity contribution in [1.29, 1.82) is 0 Å². The van der Waals surface area contributed by atoms with Gasteiger partial charge in [0.15, 0.2) is 5.82 Å². The molecule has 0 aliphatic carbocycles. The molecule has 0 aliphatic rings. The van der Waals surface area contributed by atoms with E-state index in [-0.39, 0.29) is 5.91 Å². The Morgan fingerprint density at radius 3 is 2.43 bits per heavy atom. The number of likely N-dealkylation sites (N-methyl/N-ethyl adjacent to an activating group) is 1. The summed E-state index contributed by atoms with van der Waals surface area (Å²) in [6, 6.07) is 17.3. The molecule has 0 saturated carbocycles. The van der Waals surface area contributed by atoms with Crippen LogP contribution in [0.4, 0.5) is 0 Å². The molecule has 2 aromatic carbocycles. The third-order valence-corrected chi connectivity index (χ3v) is 5.45. The summed E-state index contributed by atoms with van der Waals surface area (Å²) in [6.45, 7) is 0. The van der Waals surface area contributed by atoms with Gasteiger partial charge in [-0.1, -0.05) is 54.2 Å². The molecular formula is C20H23N5O2S. The molecule has 1 amide bonds. The topological polar surface area (TPSA) is 86.3 Å². The number of hydrogen-bond acceptors (Lipinski definition) is 6. The predicted molar refractivity (Wildman–Crippen MR) is 110 cm³/mol. The first-order valence-electron chi connectivity index (χ1n) is 8.74. The van der Waals surface area contributed by atoms with E-state index in [0.717, 1.165) is 16.9 Å². The molecule has 8 heteroatoms. The number of ether oxygens (including phenoxy) is 1. The fourth-order valence-electron chi connectivity index (χ4n) is 2.66. The van der Waals surface area contributed by atoms with Gasteiger partial charge in [-0.05, 0) is 23.3 Å². The number of aromatic nitrogens is 3. The van der Waals surface area contributed by atoms with E-state index in [1.807, 2.05) is 54.6 Å². The lowest BCUT2D eigenvalue weighted by Crippen LogP contribution is -2.27. The molecule has 3 rings (SSSR count). The van der Waals surface area contributed by atoms with Crippen LogP contribution in [0.15, 0.2) is 59.8 Å². The van der Waals surface area contributed by atoms with E-state index in [0.29, 0.717) is 17.4 Å². The lowest BCUT2D eigenvalue weighted by molar-refractivity contribution is -0.128. The van der Waals surface area contributed by atoms with Crippen molar-refractivity contribution in [3.05, 3.63) is 71.5 Å². The monoisotopic (exact) mass is 397 g/mol. The van der Waals surface area contributed by atoms with Crippen molar-refractivity contribution in [2.75, 3.05) is 27.0 Å². The van der Waals surface area contributed by atoms with E-state index in [1.54, 1.807) is 26.1 Å². The number of nitrogens with zero attached hydrogens (tertiary/aromatic N) is 4. The first-order valence-corrected chi connectivity index (χ1v) is 9.62. The average Bonchev–Trinajstić information content (AvgIpc) is 3.06. The maximum absolute atomic E-state index is 12.7. The molecule has 1 atom stereocenters. The Labute approximate surface area is 168 Å². The standard InChI is InChI=1S/C20H23N5O2S/c1-24(2)19(26)18(15-7-5-4-6-8-15)28-20-23-22-17(25(20)21)13-14-9-11-16(27-3)12-10-14/h4-12,18H,13,21H2,1-3H3. The van der Waals surface area contributed by atoms with Crippen molar-refractivity contribution in [2.45, 2.75) is 16.8 Å². The smallest absolute Gasteiger partial charge is 0.240 e. The molecule has 0 radical (unpaired) electrons. The molecule has 1 aromatic heterocycles. The number of amides is 1. The van der Waals surface area contributed by atoms with Gasteiger partial charge in [0, 0.05) is 20.5 Å². The van der Waals surface area contributed by atoms with Crippen LogP contribution in [-0.4, -0.2) is 46.9 Å². The molecule has 0 bridgehead atoms. The van der Waals surface area contributed by atoms with Crippen LogP contribution < -0.4 is 10.6 Å². The summed E-state index contributed by atoms with van der Waals surface area (Å²) in [5, 5.41) is 8.47. The Morgan fingerprint density at radius 2 is 1.82 bits per heavy atom. The molecule has 0 saturated heterocycles. The van der Waals surface area contributed by atoms with Gasteiger partial charge in [0.25, 0.3) is 0 Å². The van der Waals surface area contributed by atoms with E-state index in [9.17, 15) is 4.79 Å². The first-order chi connectivity index (χ1) is 13.5. The largest absolute Gasteiger partial charge is 0.497 e. The van der Waals surface area contributed by atoms with Gasteiger partial charge in [0.05, 0.1) is 7.11 Å². The van der Waals surface area contributed by atoms with Crippen molar-refractivity contribution in [3.8, 4) is 5.75 Å².